The van der Waals surface area contributed by atoms with E-state index in [9.17, 15) is 4.79 Å². The van der Waals surface area contributed by atoms with Crippen LogP contribution < -0.4 is 5.32 Å². The molecule has 0 radical (unpaired) electrons. The van der Waals surface area contributed by atoms with E-state index in [1.165, 1.54) is 5.56 Å². The van der Waals surface area contributed by atoms with E-state index >= 15 is 0 Å². The van der Waals surface area contributed by atoms with E-state index in [2.05, 4.69) is 58.6 Å². The Balaban J connectivity index is 1.34. The molecule has 1 unspecified atom stereocenters. The first-order valence-corrected chi connectivity index (χ1v) is 9.94. The summed E-state index contributed by atoms with van der Waals surface area (Å²) in [7, 11) is 2.11. The molecule has 0 aliphatic carbocycles. The van der Waals surface area contributed by atoms with Crippen LogP contribution in [-0.4, -0.2) is 93.4 Å². The van der Waals surface area contributed by atoms with Crippen molar-refractivity contribution in [2.75, 3.05) is 72.6 Å². The molecule has 1 aromatic rings. The van der Waals surface area contributed by atoms with Crippen molar-refractivity contribution in [3.63, 3.8) is 0 Å². The van der Waals surface area contributed by atoms with Gasteiger partial charge in [0.25, 0.3) is 0 Å². The van der Waals surface area contributed by atoms with Gasteiger partial charge >= 0.3 is 6.03 Å². The molecule has 148 valence electrons. The predicted octanol–water partition coefficient (Wildman–Crippen LogP) is 1.61. The Bertz CT molecular complexity index is 599. The van der Waals surface area contributed by atoms with Gasteiger partial charge in [0.05, 0.1) is 13.2 Å². The zero-order chi connectivity index (χ0) is 18.9. The van der Waals surface area contributed by atoms with Gasteiger partial charge in [-0.05, 0) is 12.6 Å². The number of nitrogens with one attached hydrogen (secondary N) is 1. The van der Waals surface area contributed by atoms with Crippen LogP contribution in [0.4, 0.5) is 4.79 Å². The van der Waals surface area contributed by atoms with Crippen LogP contribution in [0.5, 0.6) is 0 Å². The average Bonchev–Trinajstić information content (AvgIpc) is 2.91. The van der Waals surface area contributed by atoms with Crippen LogP contribution in [0.25, 0.3) is 6.08 Å². The number of carbonyl (C=O) groups excluding carboxylic acids is 1. The quantitative estimate of drug-likeness (QED) is 0.853. The third-order valence-electron chi connectivity index (χ3n) is 5.22. The van der Waals surface area contributed by atoms with Gasteiger partial charge in [0, 0.05) is 58.3 Å². The summed E-state index contributed by atoms with van der Waals surface area (Å²) in [5, 5.41) is 3.10. The molecule has 1 aromatic carbocycles. The smallest absolute Gasteiger partial charge is 0.317 e. The standard InChI is InChI=1S/C21H32N4O2/c1-23-14-15-27-18-20(17-23)16-22-21(26)25-12-10-24(11-13-25)9-5-8-19-6-3-2-4-7-19/h2-8,20H,9-18H2,1H3,(H,22,26). The lowest BCUT2D eigenvalue weighted by Crippen LogP contribution is -2.52. The lowest BCUT2D eigenvalue weighted by atomic mass is 10.1. The highest BCUT2D eigenvalue weighted by Crippen LogP contribution is 2.07. The topological polar surface area (TPSA) is 48.1 Å². The molecule has 2 saturated heterocycles. The normalized spacial score (nSPS) is 22.7. The van der Waals surface area contributed by atoms with Crippen LogP contribution in [0, 0.1) is 5.92 Å². The monoisotopic (exact) mass is 372 g/mol. The van der Waals surface area contributed by atoms with Crippen molar-refractivity contribution in [3.05, 3.63) is 42.0 Å². The molecule has 6 heteroatoms. The maximum atomic E-state index is 12.4. The number of rotatable bonds is 5. The molecule has 2 fully saturated rings. The van der Waals surface area contributed by atoms with E-state index in [-0.39, 0.29) is 6.03 Å². The number of ether oxygens (including phenoxy) is 1. The highest BCUT2D eigenvalue weighted by molar-refractivity contribution is 5.74. The van der Waals surface area contributed by atoms with E-state index in [4.69, 9.17) is 4.74 Å². The van der Waals surface area contributed by atoms with Crippen LogP contribution in [0.15, 0.2) is 36.4 Å². The molecular formula is C21H32N4O2. The zero-order valence-electron chi connectivity index (χ0n) is 16.3. The maximum Gasteiger partial charge on any atom is 0.317 e. The first-order chi connectivity index (χ1) is 13.2. The van der Waals surface area contributed by atoms with Gasteiger partial charge in [0.1, 0.15) is 0 Å². The Labute approximate surface area is 162 Å². The minimum atomic E-state index is 0.0568. The molecule has 3 rings (SSSR count). The van der Waals surface area contributed by atoms with Gasteiger partial charge in [-0.1, -0.05) is 42.5 Å². The van der Waals surface area contributed by atoms with Crippen molar-refractivity contribution >= 4 is 12.1 Å². The van der Waals surface area contributed by atoms with Gasteiger partial charge in [-0.15, -0.1) is 0 Å². The zero-order valence-corrected chi connectivity index (χ0v) is 16.3. The summed E-state index contributed by atoms with van der Waals surface area (Å²) in [6, 6.07) is 10.4. The first kappa shape index (κ1) is 19.9. The highest BCUT2D eigenvalue weighted by atomic mass is 16.5. The van der Waals surface area contributed by atoms with E-state index < -0.39 is 0 Å². The molecule has 2 heterocycles. The van der Waals surface area contributed by atoms with Crippen LogP contribution >= 0.6 is 0 Å². The summed E-state index contributed by atoms with van der Waals surface area (Å²) in [5.41, 5.74) is 1.23. The SMILES string of the molecule is CN1CCOCC(CNC(=O)N2CCN(CC=Cc3ccccc3)CC2)C1. The number of amides is 2. The molecule has 1 atom stereocenters. The highest BCUT2D eigenvalue weighted by Gasteiger charge is 2.22. The van der Waals surface area contributed by atoms with Crippen molar-refractivity contribution in [3.8, 4) is 0 Å². The first-order valence-electron chi connectivity index (χ1n) is 9.94. The molecule has 6 nitrogen and oxygen atoms in total. The molecule has 2 amide bonds. The lowest BCUT2D eigenvalue weighted by Gasteiger charge is -2.34. The van der Waals surface area contributed by atoms with Crippen molar-refractivity contribution in [1.82, 2.24) is 20.0 Å². The van der Waals surface area contributed by atoms with Gasteiger partial charge in [-0.25, -0.2) is 4.79 Å². The fourth-order valence-electron chi connectivity index (χ4n) is 3.56. The second kappa shape index (κ2) is 10.4. The average molecular weight is 373 g/mol. The number of likely N-dealkylation sites (N-methyl/N-ethyl adjacent to an activating group) is 1. The Morgan fingerprint density at radius 3 is 2.74 bits per heavy atom. The molecule has 2 aliphatic heterocycles. The molecule has 27 heavy (non-hydrogen) atoms. The predicted molar refractivity (Wildman–Crippen MR) is 109 cm³/mol. The van der Waals surface area contributed by atoms with Gasteiger partial charge in [-0.3, -0.25) is 4.90 Å². The summed E-state index contributed by atoms with van der Waals surface area (Å²) < 4.78 is 5.62. The Morgan fingerprint density at radius 2 is 1.96 bits per heavy atom. The van der Waals surface area contributed by atoms with Crippen LogP contribution in [-0.2, 0) is 4.74 Å². The summed E-state index contributed by atoms with van der Waals surface area (Å²) in [6.07, 6.45) is 4.36. The van der Waals surface area contributed by atoms with Crippen molar-refractivity contribution in [1.29, 1.82) is 0 Å². The lowest BCUT2D eigenvalue weighted by molar-refractivity contribution is 0.119. The number of hydrogen-bond acceptors (Lipinski definition) is 4. The maximum absolute atomic E-state index is 12.4. The van der Waals surface area contributed by atoms with Crippen LogP contribution in [0.1, 0.15) is 5.56 Å². The number of benzene rings is 1. The number of nitrogens with zero attached hydrogens (tertiary/aromatic N) is 3. The second-order valence-corrected chi connectivity index (χ2v) is 7.49. The fourth-order valence-corrected chi connectivity index (χ4v) is 3.56. The minimum Gasteiger partial charge on any atom is -0.380 e. The van der Waals surface area contributed by atoms with E-state index in [0.717, 1.165) is 59.0 Å². The van der Waals surface area contributed by atoms with Gasteiger partial charge in [0.2, 0.25) is 0 Å². The van der Waals surface area contributed by atoms with Crippen molar-refractivity contribution in [2.24, 2.45) is 5.92 Å². The van der Waals surface area contributed by atoms with E-state index in [1.54, 1.807) is 0 Å². The van der Waals surface area contributed by atoms with Gasteiger partial charge < -0.3 is 19.9 Å². The molecule has 0 aromatic heterocycles. The Hall–Kier alpha value is -1.89. The van der Waals surface area contributed by atoms with E-state index in [1.807, 2.05) is 11.0 Å². The number of urea groups is 1. The number of piperazine rings is 1. The molecule has 0 bridgehead atoms. The van der Waals surface area contributed by atoms with Crippen LogP contribution in [0.2, 0.25) is 0 Å². The summed E-state index contributed by atoms with van der Waals surface area (Å²) in [4.78, 5) is 19.0. The van der Waals surface area contributed by atoms with E-state index in [0.29, 0.717) is 12.5 Å². The molecule has 1 N–H and O–H groups in total. The van der Waals surface area contributed by atoms with Gasteiger partial charge in [-0.2, -0.15) is 0 Å². The second-order valence-electron chi connectivity index (χ2n) is 7.49. The van der Waals surface area contributed by atoms with Crippen molar-refractivity contribution < 1.29 is 9.53 Å². The molecule has 0 spiro atoms. The molecule has 2 aliphatic rings. The molecular weight excluding hydrogens is 340 g/mol. The van der Waals surface area contributed by atoms with Gasteiger partial charge in [0.15, 0.2) is 0 Å². The summed E-state index contributed by atoms with van der Waals surface area (Å²) in [6.45, 7) is 8.46. The third kappa shape index (κ3) is 6.65. The molecule has 0 saturated carbocycles. The van der Waals surface area contributed by atoms with Crippen LogP contribution in [0.3, 0.4) is 0 Å². The summed E-state index contributed by atoms with van der Waals surface area (Å²) in [5.74, 6) is 0.367. The Kier molecular flexibility index (Phi) is 7.68. The van der Waals surface area contributed by atoms with Crippen molar-refractivity contribution in [2.45, 2.75) is 0 Å². The fraction of sp³-hybridized carbons (Fsp3) is 0.571. The number of hydrogen-bond donors (Lipinski definition) is 1. The largest absolute Gasteiger partial charge is 0.380 e. The third-order valence-corrected chi connectivity index (χ3v) is 5.22. The minimum absolute atomic E-state index is 0.0568. The Morgan fingerprint density at radius 1 is 1.19 bits per heavy atom. The summed E-state index contributed by atoms with van der Waals surface area (Å²) >= 11 is 0. The number of carbonyl (C=O) groups is 1.